The molecule has 3 aliphatic rings. The summed E-state index contributed by atoms with van der Waals surface area (Å²) in [4.78, 5) is 28.7. The molecular formula is C35H45N5O4S. The fourth-order valence-electron chi connectivity index (χ4n) is 7.48. The van der Waals surface area contributed by atoms with Gasteiger partial charge in [-0.15, -0.1) is 0 Å². The first-order chi connectivity index (χ1) is 21.6. The highest BCUT2D eigenvalue weighted by atomic mass is 32.2. The molecule has 2 aliphatic heterocycles. The van der Waals surface area contributed by atoms with Crippen molar-refractivity contribution in [3.63, 3.8) is 0 Å². The molecule has 2 fully saturated rings. The summed E-state index contributed by atoms with van der Waals surface area (Å²) in [6.07, 6.45) is 4.87. The maximum absolute atomic E-state index is 14.4. The summed E-state index contributed by atoms with van der Waals surface area (Å²) in [5.41, 5.74) is 4.60. The van der Waals surface area contributed by atoms with Crippen LogP contribution in [0, 0.1) is 25.2 Å². The highest BCUT2D eigenvalue weighted by Crippen LogP contribution is 2.52. The van der Waals surface area contributed by atoms with E-state index in [1.165, 1.54) is 0 Å². The number of piperidine rings is 1. The van der Waals surface area contributed by atoms with Crippen molar-refractivity contribution in [2.45, 2.75) is 76.8 Å². The molecule has 3 heterocycles. The Morgan fingerprint density at radius 2 is 1.78 bits per heavy atom. The molecule has 240 valence electrons. The maximum Gasteiger partial charge on any atom is 0.254 e. The Hall–Kier alpha value is -3.34. The van der Waals surface area contributed by atoms with Crippen LogP contribution in [0.1, 0.15) is 67.4 Å². The van der Waals surface area contributed by atoms with Crippen molar-refractivity contribution in [3.8, 4) is 17.1 Å². The SMILES string of the molecule is Cc1cccc(C)c1-c1cc2nc(n1)NS(=O)c1cccc(c1)C(=O)N(C1CC3(CCN(CCO)CC3)C1)[C@H](CC(C)C)CO2. The zero-order valence-electron chi connectivity index (χ0n) is 26.8. The standard InChI is InChI=1S/C35H45N5O4S/c1-23(2)17-27-22-44-31-19-30(32-24(3)7-5-8-25(32)4)36-34(37-31)38-45(43)29-10-6-9-26(18-29)33(42)40(27)28-20-35(21-28)11-13-39(14-12-35)15-16-41/h5-10,18-19,23,27-28,41H,11-17,20-22H2,1-4H3,(H,36,37,38)/t27-,45?/m1/s1. The number of hydrogen-bond donors (Lipinski definition) is 2. The summed E-state index contributed by atoms with van der Waals surface area (Å²) < 4.78 is 23.0. The lowest BCUT2D eigenvalue weighted by Gasteiger charge is -2.56. The predicted octanol–water partition coefficient (Wildman–Crippen LogP) is 5.38. The molecule has 10 heteroatoms. The molecule has 1 saturated carbocycles. The molecule has 1 amide bonds. The van der Waals surface area contributed by atoms with Crippen molar-refractivity contribution in [1.29, 1.82) is 0 Å². The first-order valence-corrected chi connectivity index (χ1v) is 17.3. The van der Waals surface area contributed by atoms with Crippen molar-refractivity contribution >= 4 is 22.8 Å². The van der Waals surface area contributed by atoms with Crippen LogP contribution in [0.4, 0.5) is 5.95 Å². The lowest BCUT2D eigenvalue weighted by atomic mass is 9.59. The number of fused-ring (bicyclic) bond motifs is 4. The van der Waals surface area contributed by atoms with Gasteiger partial charge in [0.15, 0.2) is 11.0 Å². The van der Waals surface area contributed by atoms with Gasteiger partial charge in [0.05, 0.1) is 23.2 Å². The van der Waals surface area contributed by atoms with Gasteiger partial charge in [-0.1, -0.05) is 38.1 Å². The van der Waals surface area contributed by atoms with Gasteiger partial charge in [-0.05, 0) is 99.7 Å². The molecule has 2 atom stereocenters. The molecule has 1 unspecified atom stereocenters. The van der Waals surface area contributed by atoms with E-state index < -0.39 is 11.0 Å². The Morgan fingerprint density at radius 3 is 2.47 bits per heavy atom. The Kier molecular flexibility index (Phi) is 9.27. The number of carbonyl (C=O) groups excluding carboxylic acids is 1. The normalized spacial score (nSPS) is 22.2. The molecule has 0 radical (unpaired) electrons. The van der Waals surface area contributed by atoms with Gasteiger partial charge in [-0.3, -0.25) is 9.52 Å². The van der Waals surface area contributed by atoms with Crippen LogP contribution >= 0.6 is 0 Å². The minimum Gasteiger partial charge on any atom is -0.475 e. The highest BCUT2D eigenvalue weighted by Gasteiger charge is 2.50. The van der Waals surface area contributed by atoms with Gasteiger partial charge in [0.25, 0.3) is 5.91 Å². The summed E-state index contributed by atoms with van der Waals surface area (Å²) in [5, 5.41) is 9.40. The molecule has 1 aliphatic carbocycles. The van der Waals surface area contributed by atoms with Crippen LogP contribution in [-0.4, -0.2) is 79.9 Å². The summed E-state index contributed by atoms with van der Waals surface area (Å²) >= 11 is 0. The van der Waals surface area contributed by atoms with Gasteiger partial charge >= 0.3 is 0 Å². The first-order valence-electron chi connectivity index (χ1n) is 16.2. The molecular weight excluding hydrogens is 586 g/mol. The Labute approximate surface area is 269 Å². The van der Waals surface area contributed by atoms with E-state index in [1.54, 1.807) is 18.2 Å². The number of nitrogens with zero attached hydrogens (tertiary/aromatic N) is 4. The van der Waals surface area contributed by atoms with E-state index in [2.05, 4.69) is 33.4 Å². The monoisotopic (exact) mass is 631 g/mol. The largest absolute Gasteiger partial charge is 0.475 e. The van der Waals surface area contributed by atoms with Crippen LogP contribution in [0.5, 0.6) is 5.88 Å². The Morgan fingerprint density at radius 1 is 1.07 bits per heavy atom. The van der Waals surface area contributed by atoms with Gasteiger partial charge in [0.1, 0.15) is 6.61 Å². The number of amides is 1. The molecule has 1 aromatic heterocycles. The second-order valence-corrected chi connectivity index (χ2v) is 14.7. The average molecular weight is 632 g/mol. The average Bonchev–Trinajstić information content (AvgIpc) is 2.99. The molecule has 1 saturated heterocycles. The number of anilines is 1. The van der Waals surface area contributed by atoms with Gasteiger partial charge in [0.2, 0.25) is 11.8 Å². The Balaban J connectivity index is 1.37. The molecule has 3 aromatic rings. The summed E-state index contributed by atoms with van der Waals surface area (Å²) in [7, 11) is -1.69. The van der Waals surface area contributed by atoms with E-state index in [4.69, 9.17) is 9.72 Å². The third-order valence-corrected chi connectivity index (χ3v) is 10.8. The summed E-state index contributed by atoms with van der Waals surface area (Å²) in [6.45, 7) is 11.6. The number of nitrogens with one attached hydrogen (secondary N) is 1. The number of hydrogen-bond acceptors (Lipinski definition) is 7. The zero-order chi connectivity index (χ0) is 31.7. The number of aliphatic hydroxyl groups is 1. The number of aryl methyl sites for hydroxylation is 2. The van der Waals surface area contributed by atoms with E-state index in [9.17, 15) is 14.1 Å². The van der Waals surface area contributed by atoms with Crippen LogP contribution in [0.15, 0.2) is 53.4 Å². The number of carbonyl (C=O) groups is 1. The van der Waals surface area contributed by atoms with Crippen molar-refractivity contribution in [2.24, 2.45) is 11.3 Å². The smallest absolute Gasteiger partial charge is 0.254 e. The topological polar surface area (TPSA) is 108 Å². The summed E-state index contributed by atoms with van der Waals surface area (Å²) in [5.74, 6) is 0.890. The van der Waals surface area contributed by atoms with Crippen LogP contribution in [-0.2, 0) is 11.0 Å². The quantitative estimate of drug-likeness (QED) is 0.376. The lowest BCUT2D eigenvalue weighted by Crippen LogP contribution is -2.60. The zero-order valence-corrected chi connectivity index (χ0v) is 27.6. The van der Waals surface area contributed by atoms with E-state index in [-0.39, 0.29) is 36.0 Å². The van der Waals surface area contributed by atoms with Crippen LogP contribution in [0.2, 0.25) is 0 Å². The van der Waals surface area contributed by atoms with Crippen molar-refractivity contribution in [3.05, 3.63) is 65.2 Å². The van der Waals surface area contributed by atoms with Gasteiger partial charge in [0, 0.05) is 29.8 Å². The lowest BCUT2D eigenvalue weighted by molar-refractivity contribution is -0.0539. The van der Waals surface area contributed by atoms with Crippen LogP contribution in [0.3, 0.4) is 0 Å². The minimum absolute atomic E-state index is 0.0473. The molecule has 6 rings (SSSR count). The Bertz CT molecular complexity index is 1540. The van der Waals surface area contributed by atoms with Crippen molar-refractivity contribution in [2.75, 3.05) is 37.6 Å². The second kappa shape index (κ2) is 13.2. The number of aromatic nitrogens is 2. The highest BCUT2D eigenvalue weighted by molar-refractivity contribution is 7.86. The number of likely N-dealkylation sites (tertiary alicyclic amines) is 1. The van der Waals surface area contributed by atoms with Gasteiger partial charge in [-0.2, -0.15) is 4.98 Å². The van der Waals surface area contributed by atoms with Crippen LogP contribution in [0.25, 0.3) is 11.3 Å². The molecule has 9 nitrogen and oxygen atoms in total. The third kappa shape index (κ3) is 6.78. The van der Waals surface area contributed by atoms with Crippen molar-refractivity contribution < 1.29 is 18.8 Å². The number of ether oxygens (including phenoxy) is 1. The molecule has 2 aromatic carbocycles. The second-order valence-electron chi connectivity index (χ2n) is 13.5. The number of β-amino-alcohol motifs (C(OH)–C–C–N with tert-alkyl or cyclic N) is 1. The molecule has 1 spiro atoms. The maximum atomic E-state index is 14.4. The van der Waals surface area contributed by atoms with E-state index in [0.29, 0.717) is 34.6 Å². The van der Waals surface area contributed by atoms with Crippen molar-refractivity contribution in [1.82, 2.24) is 19.8 Å². The first kappa shape index (κ1) is 31.6. The fourth-order valence-corrected chi connectivity index (χ4v) is 8.29. The molecule has 2 N–H and O–H groups in total. The van der Waals surface area contributed by atoms with Crippen LogP contribution < -0.4 is 9.46 Å². The van der Waals surface area contributed by atoms with E-state index in [0.717, 1.165) is 68.4 Å². The fraction of sp³-hybridized carbons (Fsp3) is 0.514. The summed E-state index contributed by atoms with van der Waals surface area (Å²) in [6, 6.07) is 15.0. The number of benzene rings is 2. The minimum atomic E-state index is -1.69. The van der Waals surface area contributed by atoms with Gasteiger partial charge < -0.3 is 19.6 Å². The number of rotatable bonds is 6. The molecule has 45 heavy (non-hydrogen) atoms. The molecule has 4 bridgehead atoms. The van der Waals surface area contributed by atoms with E-state index >= 15 is 0 Å². The third-order valence-electron chi connectivity index (χ3n) is 9.78. The predicted molar refractivity (Wildman–Crippen MR) is 177 cm³/mol. The number of aliphatic hydroxyl groups excluding tert-OH is 1. The van der Waals surface area contributed by atoms with Gasteiger partial charge in [-0.25, -0.2) is 9.19 Å². The van der Waals surface area contributed by atoms with E-state index in [1.807, 2.05) is 44.2 Å².